The Labute approximate surface area is 146 Å². The SMILES string of the molecule is C[C@H](O)CNC(=O)Nc1ccc(/C=C/c2ccc3c(c2)OCO3)cc1. The highest BCUT2D eigenvalue weighted by molar-refractivity contribution is 5.89. The highest BCUT2D eigenvalue weighted by Gasteiger charge is 2.12. The molecule has 3 N–H and O–H groups in total. The molecule has 0 spiro atoms. The third kappa shape index (κ3) is 4.74. The molecule has 0 saturated heterocycles. The number of anilines is 1. The maximum absolute atomic E-state index is 11.6. The Bertz CT molecular complexity index is 769. The molecule has 3 rings (SSSR count). The molecule has 1 heterocycles. The van der Waals surface area contributed by atoms with Crippen LogP contribution in [-0.2, 0) is 0 Å². The minimum atomic E-state index is -0.575. The summed E-state index contributed by atoms with van der Waals surface area (Å²) in [6.45, 7) is 2.09. The fourth-order valence-electron chi connectivity index (χ4n) is 2.30. The maximum Gasteiger partial charge on any atom is 0.319 e. The van der Waals surface area contributed by atoms with Gasteiger partial charge in [-0.2, -0.15) is 0 Å². The molecule has 0 fully saturated rings. The van der Waals surface area contributed by atoms with Gasteiger partial charge in [-0.1, -0.05) is 30.4 Å². The van der Waals surface area contributed by atoms with Crippen LogP contribution in [0.5, 0.6) is 11.5 Å². The summed E-state index contributed by atoms with van der Waals surface area (Å²) in [5.74, 6) is 1.52. The highest BCUT2D eigenvalue weighted by atomic mass is 16.7. The molecule has 2 amide bonds. The van der Waals surface area contributed by atoms with Crippen LogP contribution in [0.2, 0.25) is 0 Å². The van der Waals surface area contributed by atoms with E-state index in [1.807, 2.05) is 54.6 Å². The number of carbonyl (C=O) groups is 1. The molecular formula is C19H20N2O4. The lowest BCUT2D eigenvalue weighted by atomic mass is 10.1. The average Bonchev–Trinajstić information content (AvgIpc) is 3.07. The molecule has 0 unspecified atom stereocenters. The lowest BCUT2D eigenvalue weighted by molar-refractivity contribution is 0.174. The average molecular weight is 340 g/mol. The third-order valence-electron chi connectivity index (χ3n) is 3.59. The first-order valence-corrected chi connectivity index (χ1v) is 8.01. The molecular weight excluding hydrogens is 320 g/mol. The lowest BCUT2D eigenvalue weighted by Gasteiger charge is -2.09. The summed E-state index contributed by atoms with van der Waals surface area (Å²) < 4.78 is 10.7. The van der Waals surface area contributed by atoms with Crippen LogP contribution in [0.1, 0.15) is 18.1 Å². The van der Waals surface area contributed by atoms with Crippen LogP contribution in [0, 0.1) is 0 Å². The van der Waals surface area contributed by atoms with E-state index in [1.165, 1.54) is 0 Å². The van der Waals surface area contributed by atoms with Crippen molar-refractivity contribution in [3.05, 3.63) is 53.6 Å². The predicted molar refractivity (Wildman–Crippen MR) is 96.6 cm³/mol. The van der Waals surface area contributed by atoms with Gasteiger partial charge in [0.15, 0.2) is 11.5 Å². The Kier molecular flexibility index (Phi) is 5.20. The second-order valence-electron chi connectivity index (χ2n) is 5.75. The van der Waals surface area contributed by atoms with E-state index >= 15 is 0 Å². The first-order valence-electron chi connectivity index (χ1n) is 8.01. The predicted octanol–water partition coefficient (Wildman–Crippen LogP) is 3.09. The van der Waals surface area contributed by atoms with Crippen LogP contribution < -0.4 is 20.1 Å². The summed E-state index contributed by atoms with van der Waals surface area (Å²) in [5.41, 5.74) is 2.71. The van der Waals surface area contributed by atoms with Crippen molar-refractivity contribution in [3.8, 4) is 11.5 Å². The van der Waals surface area contributed by atoms with Crippen molar-refractivity contribution in [2.75, 3.05) is 18.7 Å². The van der Waals surface area contributed by atoms with Gasteiger partial charge < -0.3 is 25.2 Å². The van der Waals surface area contributed by atoms with Gasteiger partial charge in [0.1, 0.15) is 0 Å². The van der Waals surface area contributed by atoms with Gasteiger partial charge >= 0.3 is 6.03 Å². The summed E-state index contributed by atoms with van der Waals surface area (Å²) in [4.78, 5) is 11.6. The van der Waals surface area contributed by atoms with E-state index in [-0.39, 0.29) is 19.4 Å². The molecule has 2 aromatic rings. The number of carbonyl (C=O) groups excluding carboxylic acids is 1. The number of benzene rings is 2. The Morgan fingerprint density at radius 1 is 1.12 bits per heavy atom. The van der Waals surface area contributed by atoms with Crippen molar-refractivity contribution < 1.29 is 19.4 Å². The second kappa shape index (κ2) is 7.72. The molecule has 1 aliphatic rings. The standard InChI is InChI=1S/C19H20N2O4/c1-13(22)11-20-19(23)21-16-7-4-14(5-8-16)2-3-15-6-9-17-18(10-15)25-12-24-17/h2-10,13,22H,11-12H2,1H3,(H2,20,21,23)/b3-2+/t13-/m0/s1. The Balaban J connectivity index is 1.58. The number of ether oxygens (including phenoxy) is 2. The largest absolute Gasteiger partial charge is 0.454 e. The summed E-state index contributed by atoms with van der Waals surface area (Å²) in [5, 5.41) is 14.4. The van der Waals surface area contributed by atoms with Gasteiger partial charge in [0, 0.05) is 12.2 Å². The Hall–Kier alpha value is -2.99. The van der Waals surface area contributed by atoms with E-state index in [0.717, 1.165) is 22.6 Å². The highest BCUT2D eigenvalue weighted by Crippen LogP contribution is 2.32. The fourth-order valence-corrected chi connectivity index (χ4v) is 2.30. The topological polar surface area (TPSA) is 79.8 Å². The van der Waals surface area contributed by atoms with Crippen LogP contribution in [0.4, 0.5) is 10.5 Å². The van der Waals surface area contributed by atoms with Gasteiger partial charge in [0.2, 0.25) is 6.79 Å². The van der Waals surface area contributed by atoms with Crippen molar-refractivity contribution in [2.24, 2.45) is 0 Å². The quantitative estimate of drug-likeness (QED) is 0.731. The smallest absolute Gasteiger partial charge is 0.319 e. The zero-order valence-electron chi connectivity index (χ0n) is 13.9. The van der Waals surface area contributed by atoms with Gasteiger partial charge in [-0.15, -0.1) is 0 Å². The number of hydrogen-bond acceptors (Lipinski definition) is 4. The molecule has 1 atom stereocenters. The minimum absolute atomic E-state index is 0.211. The van der Waals surface area contributed by atoms with Crippen LogP contribution >= 0.6 is 0 Å². The first-order chi connectivity index (χ1) is 12.1. The van der Waals surface area contributed by atoms with E-state index in [4.69, 9.17) is 14.6 Å². The number of rotatable bonds is 5. The van der Waals surface area contributed by atoms with Crippen molar-refractivity contribution in [1.29, 1.82) is 0 Å². The zero-order valence-corrected chi connectivity index (χ0v) is 13.9. The van der Waals surface area contributed by atoms with Crippen LogP contribution in [-0.4, -0.2) is 30.6 Å². The van der Waals surface area contributed by atoms with E-state index in [0.29, 0.717) is 5.69 Å². The van der Waals surface area contributed by atoms with Gasteiger partial charge in [0.05, 0.1) is 6.10 Å². The van der Waals surface area contributed by atoms with Crippen molar-refractivity contribution >= 4 is 23.9 Å². The number of urea groups is 1. The summed E-state index contributed by atoms with van der Waals surface area (Å²) in [7, 11) is 0. The van der Waals surface area contributed by atoms with E-state index in [1.54, 1.807) is 6.92 Å². The molecule has 0 aliphatic carbocycles. The van der Waals surface area contributed by atoms with Crippen LogP contribution in [0.15, 0.2) is 42.5 Å². The molecule has 0 bridgehead atoms. The number of aliphatic hydroxyl groups is 1. The van der Waals surface area contributed by atoms with Gasteiger partial charge in [-0.3, -0.25) is 0 Å². The lowest BCUT2D eigenvalue weighted by Crippen LogP contribution is -2.34. The van der Waals surface area contributed by atoms with E-state index in [9.17, 15) is 4.79 Å². The number of amides is 2. The van der Waals surface area contributed by atoms with Gasteiger partial charge in [-0.05, 0) is 42.3 Å². The molecule has 6 nitrogen and oxygen atoms in total. The summed E-state index contributed by atoms with van der Waals surface area (Å²) in [6, 6.07) is 12.9. The number of aliphatic hydroxyl groups excluding tert-OH is 1. The fraction of sp³-hybridized carbons (Fsp3) is 0.211. The Morgan fingerprint density at radius 2 is 1.80 bits per heavy atom. The summed E-state index contributed by atoms with van der Waals surface area (Å²) >= 11 is 0. The minimum Gasteiger partial charge on any atom is -0.454 e. The number of hydrogen-bond donors (Lipinski definition) is 3. The molecule has 0 aromatic heterocycles. The van der Waals surface area contributed by atoms with Crippen molar-refractivity contribution in [3.63, 3.8) is 0 Å². The first kappa shape index (κ1) is 16.9. The third-order valence-corrected chi connectivity index (χ3v) is 3.59. The number of nitrogens with one attached hydrogen (secondary N) is 2. The normalized spacial score (nSPS) is 13.7. The molecule has 2 aromatic carbocycles. The molecule has 130 valence electrons. The molecule has 6 heteroatoms. The zero-order chi connectivity index (χ0) is 17.6. The maximum atomic E-state index is 11.6. The van der Waals surface area contributed by atoms with Crippen molar-refractivity contribution in [2.45, 2.75) is 13.0 Å². The summed E-state index contributed by atoms with van der Waals surface area (Å²) in [6.07, 6.45) is 3.39. The second-order valence-corrected chi connectivity index (χ2v) is 5.75. The number of fused-ring (bicyclic) bond motifs is 1. The molecule has 1 aliphatic heterocycles. The monoisotopic (exact) mass is 340 g/mol. The van der Waals surface area contributed by atoms with Crippen LogP contribution in [0.25, 0.3) is 12.2 Å². The van der Waals surface area contributed by atoms with Crippen LogP contribution in [0.3, 0.4) is 0 Å². The Morgan fingerprint density at radius 3 is 2.56 bits per heavy atom. The molecule has 25 heavy (non-hydrogen) atoms. The van der Waals surface area contributed by atoms with E-state index in [2.05, 4.69) is 10.6 Å². The molecule has 0 radical (unpaired) electrons. The van der Waals surface area contributed by atoms with E-state index < -0.39 is 6.10 Å². The van der Waals surface area contributed by atoms with Gasteiger partial charge in [-0.25, -0.2) is 4.79 Å². The molecule has 0 saturated carbocycles. The van der Waals surface area contributed by atoms with Crippen molar-refractivity contribution in [1.82, 2.24) is 5.32 Å². The van der Waals surface area contributed by atoms with Gasteiger partial charge in [0.25, 0.3) is 0 Å².